The number of hydrogen-bond donors (Lipinski definition) is 0. The number of allylic oxidation sites excluding steroid dienone is 3. The summed E-state index contributed by atoms with van der Waals surface area (Å²) >= 11 is 0. The van der Waals surface area contributed by atoms with Crippen LogP contribution in [-0.2, 0) is 17.6 Å². The fraction of sp³-hybridized carbons (Fsp3) is 0.0938. The van der Waals surface area contributed by atoms with E-state index in [0.29, 0.717) is 0 Å². The van der Waals surface area contributed by atoms with Crippen molar-refractivity contribution in [2.75, 3.05) is 0 Å². The van der Waals surface area contributed by atoms with Crippen LogP contribution in [0.2, 0.25) is 0 Å². The summed E-state index contributed by atoms with van der Waals surface area (Å²) in [6.45, 7) is 2.06. The van der Waals surface area contributed by atoms with Crippen LogP contribution in [0, 0.1) is 6.92 Å². The van der Waals surface area contributed by atoms with Crippen LogP contribution >= 0.6 is 0 Å². The summed E-state index contributed by atoms with van der Waals surface area (Å²) in [6, 6.07) is 36.1. The van der Waals surface area contributed by atoms with Crippen molar-refractivity contribution in [2.24, 2.45) is 0 Å². The van der Waals surface area contributed by atoms with Crippen molar-refractivity contribution in [3.63, 3.8) is 0 Å². The van der Waals surface area contributed by atoms with Gasteiger partial charge in [-0.05, 0) is 70.4 Å². The van der Waals surface area contributed by atoms with Gasteiger partial charge in [0.2, 0.25) is 0 Å². The third kappa shape index (κ3) is 6.05. The lowest BCUT2D eigenvalue weighted by molar-refractivity contribution is -0.104. The SMILES string of the molecule is Cc1ccccc1C(/C=C\c1cccc(CCc2ccc(-c3ccccc3)cc2)c1)=C\C=O.[HH]. The van der Waals surface area contributed by atoms with Crippen molar-refractivity contribution in [3.8, 4) is 11.1 Å². The first kappa shape index (κ1) is 22.2. The molecule has 0 aliphatic heterocycles. The van der Waals surface area contributed by atoms with Crippen LogP contribution in [0.5, 0.6) is 0 Å². The average molecular weight is 431 g/mol. The molecule has 0 fully saturated rings. The molecule has 164 valence electrons. The molecule has 1 nitrogen and oxygen atoms in total. The molecule has 0 unspecified atom stereocenters. The highest BCUT2D eigenvalue weighted by Crippen LogP contribution is 2.22. The molecule has 0 aliphatic carbocycles. The molecule has 0 bridgehead atoms. The van der Waals surface area contributed by atoms with E-state index < -0.39 is 0 Å². The van der Waals surface area contributed by atoms with E-state index in [9.17, 15) is 4.79 Å². The monoisotopic (exact) mass is 430 g/mol. The summed E-state index contributed by atoms with van der Waals surface area (Å²) in [7, 11) is 0. The Kier molecular flexibility index (Phi) is 7.45. The Bertz CT molecular complexity index is 1270. The van der Waals surface area contributed by atoms with Gasteiger partial charge in [0.05, 0.1) is 0 Å². The number of benzene rings is 4. The second-order valence-corrected chi connectivity index (χ2v) is 8.21. The van der Waals surface area contributed by atoms with E-state index in [4.69, 9.17) is 0 Å². The molecule has 0 spiro atoms. The molecule has 0 amide bonds. The maximum absolute atomic E-state index is 11.2. The van der Waals surface area contributed by atoms with Crippen LogP contribution in [0.15, 0.2) is 115 Å². The van der Waals surface area contributed by atoms with Crippen LogP contribution in [-0.4, -0.2) is 6.29 Å². The summed E-state index contributed by atoms with van der Waals surface area (Å²) in [5.41, 5.74) is 9.44. The number of rotatable bonds is 8. The van der Waals surface area contributed by atoms with Gasteiger partial charge in [-0.25, -0.2) is 0 Å². The van der Waals surface area contributed by atoms with E-state index in [2.05, 4.69) is 97.9 Å². The first-order valence-corrected chi connectivity index (χ1v) is 11.4. The smallest absolute Gasteiger partial charge is 0.143 e. The fourth-order valence-electron chi connectivity index (χ4n) is 4.03. The second kappa shape index (κ2) is 11.1. The van der Waals surface area contributed by atoms with Gasteiger partial charge in [0.25, 0.3) is 0 Å². The van der Waals surface area contributed by atoms with E-state index in [0.717, 1.165) is 41.4 Å². The van der Waals surface area contributed by atoms with Crippen molar-refractivity contribution < 1.29 is 6.22 Å². The van der Waals surface area contributed by atoms with Crippen LogP contribution in [0.4, 0.5) is 0 Å². The molecule has 0 heterocycles. The van der Waals surface area contributed by atoms with Crippen LogP contribution < -0.4 is 0 Å². The highest BCUT2D eigenvalue weighted by atomic mass is 16.1. The molecule has 0 aliphatic rings. The molecule has 0 saturated heterocycles. The summed E-state index contributed by atoms with van der Waals surface area (Å²) < 4.78 is 0. The predicted molar refractivity (Wildman–Crippen MR) is 142 cm³/mol. The van der Waals surface area contributed by atoms with Gasteiger partial charge in [-0.2, -0.15) is 0 Å². The lowest BCUT2D eigenvalue weighted by atomic mass is 9.98. The van der Waals surface area contributed by atoms with E-state index in [-0.39, 0.29) is 1.43 Å². The zero-order valence-electron chi connectivity index (χ0n) is 18.9. The Morgan fingerprint density at radius 1 is 0.727 bits per heavy atom. The minimum absolute atomic E-state index is 0. The number of aldehydes is 1. The third-order valence-corrected chi connectivity index (χ3v) is 5.87. The molecule has 4 aromatic rings. The molecule has 4 rings (SSSR count). The maximum atomic E-state index is 11.2. The molecule has 33 heavy (non-hydrogen) atoms. The lowest BCUT2D eigenvalue weighted by Gasteiger charge is -2.07. The fourth-order valence-corrected chi connectivity index (χ4v) is 4.03. The minimum atomic E-state index is 0. The summed E-state index contributed by atoms with van der Waals surface area (Å²) in [5.74, 6) is 0. The van der Waals surface area contributed by atoms with Crippen LogP contribution in [0.3, 0.4) is 0 Å². The molecule has 0 aromatic heterocycles. The zero-order valence-corrected chi connectivity index (χ0v) is 18.9. The quantitative estimate of drug-likeness (QED) is 0.157. The predicted octanol–water partition coefficient (Wildman–Crippen LogP) is 7.99. The minimum Gasteiger partial charge on any atom is -0.299 e. The van der Waals surface area contributed by atoms with Crippen molar-refractivity contribution in [1.82, 2.24) is 0 Å². The van der Waals surface area contributed by atoms with Crippen molar-refractivity contribution in [1.29, 1.82) is 0 Å². The molecular weight excluding hydrogens is 400 g/mol. The standard InChI is InChI=1S/C32H28O.H2/c1-25-8-5-6-13-32(25)31(22-23-33)21-18-28-10-7-9-27(24-28)15-14-26-16-19-30(20-17-26)29-11-3-2-4-12-29;/h2-13,16-24H,14-15H2,1H3;1H/b21-18-,31-22-;. The molecular formula is C32H30O. The number of carbonyl (C=O) groups is 1. The molecule has 0 radical (unpaired) electrons. The van der Waals surface area contributed by atoms with Gasteiger partial charge in [0, 0.05) is 1.43 Å². The van der Waals surface area contributed by atoms with Gasteiger partial charge in [0.1, 0.15) is 6.29 Å². The Labute approximate surface area is 198 Å². The Morgan fingerprint density at radius 3 is 2.18 bits per heavy atom. The van der Waals surface area contributed by atoms with Crippen molar-refractivity contribution >= 4 is 17.9 Å². The summed E-state index contributed by atoms with van der Waals surface area (Å²) in [5, 5.41) is 0. The van der Waals surface area contributed by atoms with E-state index >= 15 is 0 Å². The Hall–Kier alpha value is -3.97. The van der Waals surface area contributed by atoms with Gasteiger partial charge in [-0.3, -0.25) is 4.79 Å². The first-order chi connectivity index (χ1) is 16.2. The number of carbonyl (C=O) groups excluding carboxylic acids is 1. The van der Waals surface area contributed by atoms with Gasteiger partial charge in [-0.1, -0.05) is 115 Å². The van der Waals surface area contributed by atoms with Gasteiger partial charge in [0.15, 0.2) is 0 Å². The lowest BCUT2D eigenvalue weighted by Crippen LogP contribution is -1.92. The second-order valence-electron chi connectivity index (χ2n) is 8.21. The highest BCUT2D eigenvalue weighted by Gasteiger charge is 2.02. The molecule has 0 N–H and O–H groups in total. The van der Waals surface area contributed by atoms with Gasteiger partial charge < -0.3 is 0 Å². The van der Waals surface area contributed by atoms with Crippen LogP contribution in [0.25, 0.3) is 22.8 Å². The Morgan fingerprint density at radius 2 is 1.42 bits per heavy atom. The summed E-state index contributed by atoms with van der Waals surface area (Å²) in [6.07, 6.45) is 8.58. The van der Waals surface area contributed by atoms with E-state index in [1.165, 1.54) is 22.3 Å². The van der Waals surface area contributed by atoms with Gasteiger partial charge in [-0.15, -0.1) is 0 Å². The molecule has 0 atom stereocenters. The van der Waals surface area contributed by atoms with Crippen LogP contribution in [0.1, 0.15) is 29.2 Å². The van der Waals surface area contributed by atoms with E-state index in [1.54, 1.807) is 6.08 Å². The maximum Gasteiger partial charge on any atom is 0.143 e. The average Bonchev–Trinajstić information content (AvgIpc) is 2.87. The molecule has 1 heteroatoms. The number of aryl methyl sites for hydroxylation is 3. The van der Waals surface area contributed by atoms with E-state index in [1.807, 2.05) is 24.3 Å². The Balaban J connectivity index is 0.00000324. The summed E-state index contributed by atoms with van der Waals surface area (Å²) in [4.78, 5) is 11.2. The van der Waals surface area contributed by atoms with Crippen molar-refractivity contribution in [3.05, 3.63) is 143 Å². The molecule has 0 saturated carbocycles. The first-order valence-electron chi connectivity index (χ1n) is 11.4. The number of hydrogen-bond acceptors (Lipinski definition) is 1. The van der Waals surface area contributed by atoms with Gasteiger partial charge >= 0.3 is 0 Å². The normalized spacial score (nSPS) is 11.6. The molecule has 4 aromatic carbocycles. The largest absolute Gasteiger partial charge is 0.299 e. The third-order valence-electron chi connectivity index (χ3n) is 5.87. The highest BCUT2D eigenvalue weighted by molar-refractivity contribution is 5.89. The zero-order chi connectivity index (χ0) is 22.9. The topological polar surface area (TPSA) is 17.1 Å². The van der Waals surface area contributed by atoms with Crippen molar-refractivity contribution in [2.45, 2.75) is 19.8 Å².